The first-order valence-electron chi connectivity index (χ1n) is 10.5. The summed E-state index contributed by atoms with van der Waals surface area (Å²) in [6, 6.07) is 6.95. The van der Waals surface area contributed by atoms with E-state index in [1.807, 2.05) is 4.57 Å². The van der Waals surface area contributed by atoms with Crippen LogP contribution in [0, 0.1) is 11.6 Å². The highest BCUT2D eigenvalue weighted by Crippen LogP contribution is 2.15. The molecule has 2 aromatic heterocycles. The number of hydrogen-bond acceptors (Lipinski definition) is 5. The van der Waals surface area contributed by atoms with E-state index in [4.69, 9.17) is 0 Å². The van der Waals surface area contributed by atoms with Gasteiger partial charge in [-0.2, -0.15) is 0 Å². The second kappa shape index (κ2) is 10.1. The molecule has 170 valence electrons. The van der Waals surface area contributed by atoms with Crippen molar-refractivity contribution in [2.45, 2.75) is 19.4 Å². The van der Waals surface area contributed by atoms with Crippen LogP contribution in [0.25, 0.3) is 6.08 Å². The van der Waals surface area contributed by atoms with Gasteiger partial charge in [0.2, 0.25) is 5.91 Å². The minimum absolute atomic E-state index is 0.214. The van der Waals surface area contributed by atoms with E-state index < -0.39 is 11.6 Å². The number of nitrogens with zero attached hydrogens (tertiary/aromatic N) is 5. The number of hydrogen-bond donors (Lipinski definition) is 1. The second-order valence-electron chi connectivity index (χ2n) is 7.48. The largest absolute Gasteiger partial charge is 0.352 e. The highest BCUT2D eigenvalue weighted by Gasteiger charge is 2.21. The topological polar surface area (TPSA) is 93.0 Å². The summed E-state index contributed by atoms with van der Waals surface area (Å²) in [6.45, 7) is 1.69. The first kappa shape index (κ1) is 22.3. The van der Waals surface area contributed by atoms with Gasteiger partial charge in [-0.3, -0.25) is 14.6 Å². The van der Waals surface area contributed by atoms with Crippen molar-refractivity contribution < 1.29 is 18.4 Å². The summed E-state index contributed by atoms with van der Waals surface area (Å²) in [5.41, 5.74) is 0.239. The molecule has 0 saturated carbocycles. The number of rotatable bonds is 6. The molecule has 2 amide bonds. The Kier molecular flexibility index (Phi) is 6.82. The average molecular weight is 452 g/mol. The van der Waals surface area contributed by atoms with Crippen LogP contribution >= 0.6 is 0 Å². The van der Waals surface area contributed by atoms with Crippen molar-refractivity contribution >= 4 is 17.9 Å². The minimum atomic E-state index is -0.721. The Morgan fingerprint density at radius 1 is 1.06 bits per heavy atom. The first-order chi connectivity index (χ1) is 16.0. The summed E-state index contributed by atoms with van der Waals surface area (Å²) in [5, 5.41) is 11.3. The number of carbonyl (C=O) groups excluding carboxylic acids is 2. The molecule has 3 heterocycles. The SMILES string of the molecule is O=C(NCCc1nnc2n1CCN(C(=O)/C=C/c1c(F)cccc1F)CC2)c1cccnc1. The molecule has 0 unspecified atom stereocenters. The molecule has 0 saturated heterocycles. The Balaban J connectivity index is 1.34. The van der Waals surface area contributed by atoms with E-state index >= 15 is 0 Å². The lowest BCUT2D eigenvalue weighted by molar-refractivity contribution is -0.125. The second-order valence-corrected chi connectivity index (χ2v) is 7.48. The fraction of sp³-hybridized carbons (Fsp3) is 0.261. The number of aromatic nitrogens is 4. The molecular weight excluding hydrogens is 430 g/mol. The fourth-order valence-electron chi connectivity index (χ4n) is 3.61. The lowest BCUT2D eigenvalue weighted by Gasteiger charge is -2.18. The van der Waals surface area contributed by atoms with Gasteiger partial charge in [-0.15, -0.1) is 10.2 Å². The van der Waals surface area contributed by atoms with Crippen molar-refractivity contribution in [3.8, 4) is 0 Å². The lowest BCUT2D eigenvalue weighted by Crippen LogP contribution is -2.32. The van der Waals surface area contributed by atoms with Crippen molar-refractivity contribution in [2.75, 3.05) is 19.6 Å². The van der Waals surface area contributed by atoms with E-state index in [0.29, 0.717) is 44.6 Å². The van der Waals surface area contributed by atoms with E-state index in [1.54, 1.807) is 23.2 Å². The third-order valence-electron chi connectivity index (χ3n) is 5.36. The van der Waals surface area contributed by atoms with E-state index in [9.17, 15) is 18.4 Å². The number of pyridine rings is 1. The van der Waals surface area contributed by atoms with Crippen molar-refractivity contribution in [2.24, 2.45) is 0 Å². The first-order valence-corrected chi connectivity index (χ1v) is 10.5. The molecule has 0 bridgehead atoms. The Hall–Kier alpha value is -3.95. The van der Waals surface area contributed by atoms with E-state index in [0.717, 1.165) is 29.9 Å². The maximum absolute atomic E-state index is 13.8. The highest BCUT2D eigenvalue weighted by molar-refractivity contribution is 5.93. The van der Waals surface area contributed by atoms with Gasteiger partial charge in [0.15, 0.2) is 0 Å². The molecule has 0 atom stereocenters. The number of halogens is 2. The van der Waals surface area contributed by atoms with Crippen LogP contribution in [-0.2, 0) is 24.2 Å². The molecule has 0 aliphatic carbocycles. The van der Waals surface area contributed by atoms with Crippen LogP contribution in [0.4, 0.5) is 8.78 Å². The molecule has 0 spiro atoms. The predicted molar refractivity (Wildman–Crippen MR) is 116 cm³/mol. The zero-order valence-corrected chi connectivity index (χ0v) is 17.7. The van der Waals surface area contributed by atoms with Crippen LogP contribution in [0.2, 0.25) is 0 Å². The van der Waals surface area contributed by atoms with Crippen LogP contribution < -0.4 is 5.32 Å². The molecular formula is C23H22F2N6O2. The van der Waals surface area contributed by atoms with E-state index in [1.165, 1.54) is 18.3 Å². The van der Waals surface area contributed by atoms with Crippen LogP contribution in [0.15, 0.2) is 48.8 Å². The third kappa shape index (κ3) is 5.28. The summed E-state index contributed by atoms with van der Waals surface area (Å²) in [4.78, 5) is 30.3. The Morgan fingerprint density at radius 3 is 2.64 bits per heavy atom. The molecule has 3 aromatic rings. The van der Waals surface area contributed by atoms with Crippen molar-refractivity contribution in [3.05, 3.63) is 83.2 Å². The van der Waals surface area contributed by atoms with Gasteiger partial charge in [0.25, 0.3) is 5.91 Å². The van der Waals surface area contributed by atoms with Gasteiger partial charge in [-0.25, -0.2) is 8.78 Å². The van der Waals surface area contributed by atoms with E-state index in [-0.39, 0.29) is 17.4 Å². The normalized spacial score (nSPS) is 13.6. The van der Waals surface area contributed by atoms with Gasteiger partial charge >= 0.3 is 0 Å². The van der Waals surface area contributed by atoms with Crippen molar-refractivity contribution in [3.63, 3.8) is 0 Å². The number of fused-ring (bicyclic) bond motifs is 1. The van der Waals surface area contributed by atoms with Crippen LogP contribution in [-0.4, -0.2) is 56.1 Å². The zero-order valence-electron chi connectivity index (χ0n) is 17.7. The van der Waals surface area contributed by atoms with Crippen molar-refractivity contribution in [1.29, 1.82) is 0 Å². The Labute approximate surface area is 189 Å². The van der Waals surface area contributed by atoms with Crippen LogP contribution in [0.1, 0.15) is 27.6 Å². The maximum Gasteiger partial charge on any atom is 0.252 e. The maximum atomic E-state index is 13.8. The summed E-state index contributed by atoms with van der Waals surface area (Å²) < 4.78 is 29.5. The third-order valence-corrected chi connectivity index (χ3v) is 5.36. The number of carbonyl (C=O) groups is 2. The number of benzene rings is 1. The number of nitrogens with one attached hydrogen (secondary N) is 1. The van der Waals surface area contributed by atoms with Gasteiger partial charge in [0, 0.05) is 63.1 Å². The molecule has 0 fully saturated rings. The standard InChI is InChI=1S/C23H22F2N6O2/c24-18-4-1-5-19(25)17(18)6-7-22(32)30-12-9-21-29-28-20(31(21)14-13-30)8-11-27-23(33)16-3-2-10-26-15-16/h1-7,10,15H,8-9,11-14H2,(H,27,33)/b7-6+. The van der Waals surface area contributed by atoms with Gasteiger partial charge in [-0.1, -0.05) is 6.07 Å². The smallest absolute Gasteiger partial charge is 0.252 e. The Bertz CT molecular complexity index is 1160. The zero-order chi connectivity index (χ0) is 23.2. The summed E-state index contributed by atoms with van der Waals surface area (Å²) in [7, 11) is 0. The highest BCUT2D eigenvalue weighted by atomic mass is 19.1. The van der Waals surface area contributed by atoms with E-state index in [2.05, 4.69) is 20.5 Å². The molecule has 0 radical (unpaired) electrons. The summed E-state index contributed by atoms with van der Waals surface area (Å²) >= 11 is 0. The lowest BCUT2D eigenvalue weighted by atomic mass is 10.2. The Morgan fingerprint density at radius 2 is 1.88 bits per heavy atom. The fourth-order valence-corrected chi connectivity index (χ4v) is 3.61. The monoisotopic (exact) mass is 452 g/mol. The van der Waals surface area contributed by atoms with Gasteiger partial charge in [0.1, 0.15) is 23.3 Å². The van der Waals surface area contributed by atoms with Gasteiger partial charge < -0.3 is 14.8 Å². The predicted octanol–water partition coefficient (Wildman–Crippen LogP) is 2.02. The molecule has 1 aromatic carbocycles. The molecule has 1 aliphatic rings. The number of amides is 2. The quantitative estimate of drug-likeness (QED) is 0.578. The molecule has 8 nitrogen and oxygen atoms in total. The molecule has 1 N–H and O–H groups in total. The summed E-state index contributed by atoms with van der Waals surface area (Å²) in [5.74, 6) is -0.518. The summed E-state index contributed by atoms with van der Waals surface area (Å²) in [6.07, 6.45) is 6.43. The van der Waals surface area contributed by atoms with Crippen molar-refractivity contribution in [1.82, 2.24) is 30.0 Å². The average Bonchev–Trinajstić information content (AvgIpc) is 3.07. The molecule has 33 heavy (non-hydrogen) atoms. The minimum Gasteiger partial charge on any atom is -0.352 e. The van der Waals surface area contributed by atoms with Gasteiger partial charge in [0.05, 0.1) is 5.56 Å². The molecule has 10 heteroatoms. The molecule has 4 rings (SSSR count). The molecule has 1 aliphatic heterocycles. The van der Waals surface area contributed by atoms with Crippen LogP contribution in [0.5, 0.6) is 0 Å². The van der Waals surface area contributed by atoms with Gasteiger partial charge in [-0.05, 0) is 30.3 Å². The van der Waals surface area contributed by atoms with Crippen LogP contribution in [0.3, 0.4) is 0 Å².